The highest BCUT2D eigenvalue weighted by atomic mass is 32.1. The van der Waals surface area contributed by atoms with Gasteiger partial charge in [-0.15, -0.1) is 11.3 Å². The van der Waals surface area contributed by atoms with Gasteiger partial charge in [0.25, 0.3) is 5.91 Å². The van der Waals surface area contributed by atoms with Gasteiger partial charge in [-0.05, 0) is 44.2 Å². The van der Waals surface area contributed by atoms with Crippen molar-refractivity contribution in [1.29, 1.82) is 0 Å². The number of amides is 1. The van der Waals surface area contributed by atoms with Crippen molar-refractivity contribution in [3.8, 4) is 0 Å². The zero-order chi connectivity index (χ0) is 16.7. The Labute approximate surface area is 146 Å². The fourth-order valence-electron chi connectivity index (χ4n) is 3.81. The van der Waals surface area contributed by atoms with E-state index in [9.17, 15) is 4.79 Å². The van der Waals surface area contributed by atoms with Gasteiger partial charge in [0, 0.05) is 21.9 Å². The summed E-state index contributed by atoms with van der Waals surface area (Å²) in [5, 5.41) is 0. The Kier molecular flexibility index (Phi) is 3.68. The first-order valence-corrected chi connectivity index (χ1v) is 9.23. The van der Waals surface area contributed by atoms with Crippen LogP contribution in [0, 0.1) is 6.92 Å². The maximum absolute atomic E-state index is 13.2. The number of nitrogens with zero attached hydrogens (tertiary/aromatic N) is 2. The lowest BCUT2D eigenvalue weighted by Crippen LogP contribution is -2.44. The van der Waals surface area contributed by atoms with Crippen LogP contribution in [0.25, 0.3) is 0 Å². The lowest BCUT2D eigenvalue weighted by Gasteiger charge is -2.30. The third-order valence-electron chi connectivity index (χ3n) is 4.97. The Morgan fingerprint density at radius 1 is 1.33 bits per heavy atom. The van der Waals surface area contributed by atoms with Crippen molar-refractivity contribution in [2.75, 3.05) is 6.54 Å². The average molecular weight is 339 g/mol. The van der Waals surface area contributed by atoms with E-state index >= 15 is 0 Å². The van der Waals surface area contributed by atoms with Gasteiger partial charge in [-0.2, -0.15) is 0 Å². The molecule has 2 N–H and O–H groups in total. The Morgan fingerprint density at radius 2 is 2.12 bits per heavy atom. The van der Waals surface area contributed by atoms with Gasteiger partial charge in [0.15, 0.2) is 11.5 Å². The fraction of sp³-hybridized carbons (Fsp3) is 0.368. The van der Waals surface area contributed by atoms with Crippen LogP contribution in [0.4, 0.5) is 0 Å². The van der Waals surface area contributed by atoms with Crippen molar-refractivity contribution < 1.29 is 4.79 Å². The van der Waals surface area contributed by atoms with E-state index in [0.29, 0.717) is 12.5 Å². The minimum absolute atomic E-state index is 0.0506. The number of hydrogen-bond donors (Lipinski definition) is 1. The normalized spacial score (nSPS) is 22.8. The van der Waals surface area contributed by atoms with Crippen molar-refractivity contribution in [2.24, 2.45) is 10.7 Å². The molecule has 1 unspecified atom stereocenters. The third-order valence-corrected chi connectivity index (χ3v) is 6.08. The summed E-state index contributed by atoms with van der Waals surface area (Å²) in [4.78, 5) is 22.1. The summed E-state index contributed by atoms with van der Waals surface area (Å²) < 4.78 is 0. The molecule has 1 aromatic carbocycles. The van der Waals surface area contributed by atoms with Crippen LogP contribution in [0.1, 0.15) is 33.7 Å². The van der Waals surface area contributed by atoms with Gasteiger partial charge in [0.2, 0.25) is 0 Å². The van der Waals surface area contributed by atoms with Crippen LogP contribution in [-0.2, 0) is 23.2 Å². The Morgan fingerprint density at radius 3 is 2.92 bits per heavy atom. The first-order valence-electron chi connectivity index (χ1n) is 8.41. The van der Waals surface area contributed by atoms with Crippen molar-refractivity contribution in [3.05, 3.63) is 57.3 Å². The van der Waals surface area contributed by atoms with Gasteiger partial charge in [0.05, 0.1) is 0 Å². The number of benzene rings is 1. The Hall–Kier alpha value is -2.14. The van der Waals surface area contributed by atoms with Crippen molar-refractivity contribution >= 4 is 23.2 Å². The number of carbonyl (C=O) groups is 1. The molecule has 2 aromatic rings. The van der Waals surface area contributed by atoms with Crippen molar-refractivity contribution in [3.63, 3.8) is 0 Å². The lowest BCUT2D eigenvalue weighted by atomic mass is 9.80. The first-order chi connectivity index (χ1) is 11.6. The van der Waals surface area contributed by atoms with Gasteiger partial charge in [-0.3, -0.25) is 9.69 Å². The van der Waals surface area contributed by atoms with Crippen LogP contribution in [0.5, 0.6) is 0 Å². The molecular formula is C19H21N3OS. The summed E-state index contributed by atoms with van der Waals surface area (Å²) in [6.45, 7) is 2.68. The van der Waals surface area contributed by atoms with E-state index in [4.69, 9.17) is 5.73 Å². The summed E-state index contributed by atoms with van der Waals surface area (Å²) in [6.07, 6.45) is 3.58. The molecule has 0 saturated heterocycles. The van der Waals surface area contributed by atoms with Gasteiger partial charge in [-0.25, -0.2) is 4.99 Å². The van der Waals surface area contributed by atoms with Crippen LogP contribution in [0.2, 0.25) is 0 Å². The zero-order valence-corrected chi connectivity index (χ0v) is 14.6. The Bertz CT molecular complexity index is 811. The van der Waals surface area contributed by atoms with Crippen molar-refractivity contribution in [2.45, 2.75) is 38.1 Å². The molecular weight excluding hydrogens is 318 g/mol. The molecule has 1 amide bonds. The molecule has 4 nitrogen and oxygen atoms in total. The molecule has 1 aliphatic heterocycles. The summed E-state index contributed by atoms with van der Waals surface area (Å²) in [6, 6.07) is 12.3. The van der Waals surface area contributed by atoms with Crippen LogP contribution in [0.3, 0.4) is 0 Å². The highest BCUT2D eigenvalue weighted by molar-refractivity contribution is 7.12. The minimum atomic E-state index is -0.765. The number of fused-ring (bicyclic) bond motifs is 2. The number of hydrogen-bond acceptors (Lipinski definition) is 4. The lowest BCUT2D eigenvalue weighted by molar-refractivity contribution is -0.132. The molecule has 2 heterocycles. The third kappa shape index (κ3) is 2.35. The largest absolute Gasteiger partial charge is 0.369 e. The van der Waals surface area contributed by atoms with E-state index in [0.717, 1.165) is 31.2 Å². The average Bonchev–Trinajstić information content (AvgIpc) is 3.07. The maximum atomic E-state index is 13.2. The van der Waals surface area contributed by atoms with Crippen LogP contribution < -0.4 is 5.73 Å². The monoisotopic (exact) mass is 339 g/mol. The topological polar surface area (TPSA) is 58.7 Å². The minimum Gasteiger partial charge on any atom is -0.369 e. The molecule has 124 valence electrons. The highest BCUT2D eigenvalue weighted by Crippen LogP contribution is 2.45. The molecule has 4 rings (SSSR count). The van der Waals surface area contributed by atoms with E-state index in [1.807, 2.05) is 18.2 Å². The Balaban J connectivity index is 1.61. The predicted molar refractivity (Wildman–Crippen MR) is 97.2 cm³/mol. The molecule has 5 heteroatoms. The molecule has 0 radical (unpaired) electrons. The highest BCUT2D eigenvalue weighted by Gasteiger charge is 2.51. The number of aliphatic imine (C=N–C) groups is 1. The standard InChI is InChI=1S/C19H21N3OS/c1-13-12-15-16(24-13)8-5-10-19(15)17(23)22(18(20)21-19)11-9-14-6-3-2-4-7-14/h2-4,6-7,12H,5,8-11H2,1H3,(H2,20,21). The van der Waals surface area contributed by atoms with Gasteiger partial charge < -0.3 is 5.73 Å². The number of guanidine groups is 1. The van der Waals surface area contributed by atoms with Gasteiger partial charge in [0.1, 0.15) is 0 Å². The smallest absolute Gasteiger partial charge is 0.261 e. The second-order valence-corrected chi connectivity index (χ2v) is 7.91. The molecule has 1 aromatic heterocycles. The fourth-order valence-corrected chi connectivity index (χ4v) is 4.96. The summed E-state index contributed by atoms with van der Waals surface area (Å²) in [7, 11) is 0. The summed E-state index contributed by atoms with van der Waals surface area (Å²) in [5.41, 5.74) is 7.69. The van der Waals surface area contributed by atoms with Gasteiger partial charge >= 0.3 is 0 Å². The van der Waals surface area contributed by atoms with E-state index < -0.39 is 5.54 Å². The molecule has 0 saturated carbocycles. The van der Waals surface area contributed by atoms with E-state index in [2.05, 4.69) is 30.1 Å². The van der Waals surface area contributed by atoms with E-state index in [-0.39, 0.29) is 5.91 Å². The zero-order valence-electron chi connectivity index (χ0n) is 13.8. The number of rotatable bonds is 3. The van der Waals surface area contributed by atoms with Crippen LogP contribution in [-0.4, -0.2) is 23.3 Å². The number of thiophene rings is 1. The summed E-state index contributed by atoms with van der Waals surface area (Å²) in [5.74, 6) is 0.419. The predicted octanol–water partition coefficient (Wildman–Crippen LogP) is 2.99. The van der Waals surface area contributed by atoms with E-state index in [1.165, 1.54) is 15.3 Å². The van der Waals surface area contributed by atoms with Crippen molar-refractivity contribution in [1.82, 2.24) is 4.90 Å². The second-order valence-electron chi connectivity index (χ2n) is 6.57. The molecule has 1 atom stereocenters. The molecule has 0 fully saturated rings. The van der Waals surface area contributed by atoms with Crippen LogP contribution in [0.15, 0.2) is 41.4 Å². The maximum Gasteiger partial charge on any atom is 0.261 e. The quantitative estimate of drug-likeness (QED) is 0.934. The van der Waals surface area contributed by atoms with Gasteiger partial charge in [-0.1, -0.05) is 30.3 Å². The SMILES string of the molecule is Cc1cc2c(s1)CCCC21N=C(N)N(CCc2ccccc2)C1=O. The molecule has 1 aliphatic carbocycles. The molecule has 24 heavy (non-hydrogen) atoms. The number of nitrogens with two attached hydrogens (primary N) is 1. The van der Waals surface area contributed by atoms with Crippen LogP contribution >= 0.6 is 11.3 Å². The number of carbonyl (C=O) groups excluding carboxylic acids is 1. The molecule has 2 aliphatic rings. The molecule has 1 spiro atoms. The number of aryl methyl sites for hydroxylation is 2. The summed E-state index contributed by atoms with van der Waals surface area (Å²) >= 11 is 1.78. The van der Waals surface area contributed by atoms with E-state index in [1.54, 1.807) is 16.2 Å². The molecule has 0 bridgehead atoms. The second kappa shape index (κ2) is 5.74. The first kappa shape index (κ1) is 15.4.